The van der Waals surface area contributed by atoms with E-state index in [0.717, 1.165) is 40.7 Å². The summed E-state index contributed by atoms with van der Waals surface area (Å²) in [5.41, 5.74) is 5.90. The van der Waals surface area contributed by atoms with Crippen LogP contribution in [0.15, 0.2) is 61.1 Å². The standard InChI is InChI=1S/C30H29F4N7O/c1-18-5-6-20(13-26(18)41-17-25(38-39(41)2)21-11-19-7-8-35-28(19)36-15-21)29(42)37-23-12-22(16-40-9-3-4-10-40)27(31)24(14-23)30(32,33)34/h5-8,11-15,17,38H,3-4,9-10,16H2,1-2H3,(H,35,36)(H,37,42). The molecule has 0 bridgehead atoms. The highest BCUT2D eigenvalue weighted by atomic mass is 19.4. The fourth-order valence-electron chi connectivity index (χ4n) is 5.38. The number of hydrazine groups is 2. The van der Waals surface area contributed by atoms with Crippen LogP contribution in [0.5, 0.6) is 0 Å². The van der Waals surface area contributed by atoms with Crippen LogP contribution >= 0.6 is 0 Å². The molecule has 0 unspecified atom stereocenters. The molecule has 1 amide bonds. The normalized spacial score (nSPS) is 16.2. The second-order valence-corrected chi connectivity index (χ2v) is 10.6. The number of aromatic nitrogens is 2. The molecule has 2 aliphatic rings. The van der Waals surface area contributed by atoms with Gasteiger partial charge in [-0.15, -0.1) is 5.12 Å². The number of pyridine rings is 1. The van der Waals surface area contributed by atoms with Gasteiger partial charge in [-0.2, -0.15) is 13.2 Å². The first-order chi connectivity index (χ1) is 20.1. The van der Waals surface area contributed by atoms with Crippen molar-refractivity contribution in [3.05, 3.63) is 94.7 Å². The Balaban J connectivity index is 1.27. The fourth-order valence-corrected chi connectivity index (χ4v) is 5.38. The Hall–Kier alpha value is -4.42. The van der Waals surface area contributed by atoms with E-state index in [0.29, 0.717) is 24.8 Å². The minimum Gasteiger partial charge on any atom is -0.346 e. The van der Waals surface area contributed by atoms with E-state index < -0.39 is 23.5 Å². The zero-order chi connectivity index (χ0) is 29.6. The van der Waals surface area contributed by atoms with E-state index in [1.54, 1.807) is 29.5 Å². The van der Waals surface area contributed by atoms with Gasteiger partial charge in [0.25, 0.3) is 5.91 Å². The fraction of sp³-hybridized carbons (Fsp3) is 0.267. The zero-order valence-electron chi connectivity index (χ0n) is 23.0. The van der Waals surface area contributed by atoms with Crippen LogP contribution in [0.3, 0.4) is 0 Å². The lowest BCUT2D eigenvalue weighted by Gasteiger charge is -2.26. The van der Waals surface area contributed by atoms with Crippen molar-refractivity contribution in [1.29, 1.82) is 0 Å². The quantitative estimate of drug-likeness (QED) is 0.242. The molecule has 2 aliphatic heterocycles. The van der Waals surface area contributed by atoms with Crippen LogP contribution in [0.2, 0.25) is 0 Å². The largest absolute Gasteiger partial charge is 0.419 e. The van der Waals surface area contributed by atoms with Crippen molar-refractivity contribution in [3.8, 4) is 0 Å². The van der Waals surface area contributed by atoms with Gasteiger partial charge in [0.1, 0.15) is 11.5 Å². The average Bonchev–Trinajstić information content (AvgIpc) is 3.71. The van der Waals surface area contributed by atoms with Gasteiger partial charge in [-0.3, -0.25) is 20.1 Å². The van der Waals surface area contributed by atoms with Crippen LogP contribution < -0.4 is 15.8 Å². The molecule has 6 rings (SSSR count). The summed E-state index contributed by atoms with van der Waals surface area (Å²) in [6, 6.07) is 10.9. The van der Waals surface area contributed by atoms with Gasteiger partial charge in [0.2, 0.25) is 0 Å². The molecule has 0 radical (unpaired) electrons. The Morgan fingerprint density at radius 3 is 2.64 bits per heavy atom. The van der Waals surface area contributed by atoms with E-state index in [1.165, 1.54) is 6.07 Å². The van der Waals surface area contributed by atoms with Crippen molar-refractivity contribution in [3.63, 3.8) is 0 Å². The van der Waals surface area contributed by atoms with E-state index in [4.69, 9.17) is 0 Å². The molecule has 0 saturated carbocycles. The van der Waals surface area contributed by atoms with E-state index >= 15 is 0 Å². The number of carbonyl (C=O) groups excluding carboxylic acids is 1. The van der Waals surface area contributed by atoms with E-state index in [9.17, 15) is 22.4 Å². The zero-order valence-corrected chi connectivity index (χ0v) is 23.0. The lowest BCUT2D eigenvalue weighted by Crippen LogP contribution is -2.39. The Morgan fingerprint density at radius 1 is 1.10 bits per heavy atom. The highest BCUT2D eigenvalue weighted by molar-refractivity contribution is 6.05. The number of hydrogen-bond donors (Lipinski definition) is 3. The predicted molar refractivity (Wildman–Crippen MR) is 152 cm³/mol. The minimum absolute atomic E-state index is 0.0445. The maximum atomic E-state index is 14.9. The van der Waals surface area contributed by atoms with Crippen molar-refractivity contribution < 1.29 is 22.4 Å². The highest BCUT2D eigenvalue weighted by Gasteiger charge is 2.36. The lowest BCUT2D eigenvalue weighted by molar-refractivity contribution is -0.140. The van der Waals surface area contributed by atoms with Gasteiger partial charge in [0.05, 0.1) is 16.9 Å². The van der Waals surface area contributed by atoms with Crippen LogP contribution in [0.4, 0.5) is 28.9 Å². The predicted octanol–water partition coefficient (Wildman–Crippen LogP) is 6.05. The first kappa shape index (κ1) is 27.7. The van der Waals surface area contributed by atoms with Crippen LogP contribution in [-0.2, 0) is 12.7 Å². The Bertz CT molecular complexity index is 1690. The first-order valence-corrected chi connectivity index (χ1v) is 13.6. The average molecular weight is 580 g/mol. The number of benzene rings is 2. The number of fused-ring (bicyclic) bond motifs is 1. The molecule has 0 atom stereocenters. The number of alkyl halides is 3. The van der Waals surface area contributed by atoms with Crippen LogP contribution in [0.25, 0.3) is 16.7 Å². The number of halogens is 4. The molecule has 2 aromatic heterocycles. The van der Waals surface area contributed by atoms with Crippen LogP contribution in [-0.4, -0.2) is 46.0 Å². The Morgan fingerprint density at radius 2 is 1.88 bits per heavy atom. The topological polar surface area (TPSA) is 79.5 Å². The third-order valence-electron chi connectivity index (χ3n) is 7.59. The number of hydrogen-bond acceptors (Lipinski definition) is 6. The van der Waals surface area contributed by atoms with Crippen molar-refractivity contribution >= 4 is 34.0 Å². The molecule has 1 fully saturated rings. The van der Waals surface area contributed by atoms with Crippen molar-refractivity contribution in [2.75, 3.05) is 30.5 Å². The lowest BCUT2D eigenvalue weighted by atomic mass is 10.1. The van der Waals surface area contributed by atoms with Gasteiger partial charge in [-0.25, -0.2) is 9.37 Å². The number of nitrogens with zero attached hydrogens (tertiary/aromatic N) is 4. The third-order valence-corrected chi connectivity index (χ3v) is 7.59. The molecule has 0 spiro atoms. The summed E-state index contributed by atoms with van der Waals surface area (Å²) >= 11 is 0. The van der Waals surface area contributed by atoms with Crippen LogP contribution in [0.1, 0.15) is 45.5 Å². The van der Waals surface area contributed by atoms with Gasteiger partial charge in [-0.05, 0) is 74.8 Å². The summed E-state index contributed by atoms with van der Waals surface area (Å²) < 4.78 is 56.0. The maximum absolute atomic E-state index is 14.9. The molecule has 8 nitrogen and oxygen atoms in total. The molecule has 4 heterocycles. The van der Waals surface area contributed by atoms with E-state index in [2.05, 4.69) is 20.7 Å². The number of aromatic amines is 1. The third kappa shape index (κ3) is 5.42. The SMILES string of the molecule is Cc1ccc(C(=O)Nc2cc(CN3CCCC3)c(F)c(C(F)(F)F)c2)cc1N1C=C(c2cnc3[nH]ccc3c2)NN1C. The summed E-state index contributed by atoms with van der Waals surface area (Å²) in [5.74, 6) is -1.91. The summed E-state index contributed by atoms with van der Waals surface area (Å²) in [4.78, 5) is 22.7. The number of rotatable bonds is 6. The number of amides is 1. The number of H-pyrrole nitrogens is 1. The second kappa shape index (κ2) is 10.8. The van der Waals surface area contributed by atoms with Crippen molar-refractivity contribution in [2.24, 2.45) is 0 Å². The molecule has 218 valence electrons. The molecule has 2 aromatic carbocycles. The molecular weight excluding hydrogens is 550 g/mol. The molecule has 42 heavy (non-hydrogen) atoms. The molecular formula is C30H29F4N7O. The molecule has 12 heteroatoms. The summed E-state index contributed by atoms with van der Waals surface area (Å²) in [6.07, 6.45) is 2.37. The number of aryl methyl sites for hydroxylation is 1. The van der Waals surface area contributed by atoms with Gasteiger partial charge in [0, 0.05) is 60.0 Å². The van der Waals surface area contributed by atoms with Gasteiger partial charge in [0.15, 0.2) is 0 Å². The smallest absolute Gasteiger partial charge is 0.346 e. The number of nitrogens with one attached hydrogen (secondary N) is 3. The van der Waals surface area contributed by atoms with Crippen molar-refractivity contribution in [2.45, 2.75) is 32.5 Å². The van der Waals surface area contributed by atoms with E-state index in [1.807, 2.05) is 48.4 Å². The molecule has 4 aromatic rings. The van der Waals surface area contributed by atoms with Gasteiger partial charge >= 0.3 is 6.18 Å². The molecule has 0 aliphatic carbocycles. The number of anilines is 2. The van der Waals surface area contributed by atoms with E-state index in [-0.39, 0.29) is 23.4 Å². The second-order valence-electron chi connectivity index (χ2n) is 10.6. The Labute approximate surface area is 239 Å². The highest BCUT2D eigenvalue weighted by Crippen LogP contribution is 2.36. The molecule has 3 N–H and O–H groups in total. The minimum atomic E-state index is -4.90. The monoisotopic (exact) mass is 579 g/mol. The first-order valence-electron chi connectivity index (χ1n) is 13.6. The maximum Gasteiger partial charge on any atom is 0.419 e. The van der Waals surface area contributed by atoms with Crippen LogP contribution in [0, 0.1) is 12.7 Å². The molecule has 1 saturated heterocycles. The summed E-state index contributed by atoms with van der Waals surface area (Å²) in [6.45, 7) is 3.32. The van der Waals surface area contributed by atoms with Crippen molar-refractivity contribution in [1.82, 2.24) is 25.4 Å². The number of carbonyl (C=O) groups is 1. The van der Waals surface area contributed by atoms with Gasteiger partial charge < -0.3 is 10.3 Å². The Kier molecular flexibility index (Phi) is 7.11. The number of likely N-dealkylation sites (tertiary alicyclic amines) is 1. The van der Waals surface area contributed by atoms with Gasteiger partial charge in [-0.1, -0.05) is 6.07 Å². The summed E-state index contributed by atoms with van der Waals surface area (Å²) in [7, 11) is 1.82. The summed E-state index contributed by atoms with van der Waals surface area (Å²) in [5, 5.41) is 7.11.